The molecule has 5 nitrogen and oxygen atoms in total. The van der Waals surface area contributed by atoms with Crippen LogP contribution in [0, 0.1) is 17.7 Å². The average molecular weight is 509 g/mol. The number of halogens is 4. The van der Waals surface area contributed by atoms with E-state index in [1.807, 2.05) is 0 Å². The molecule has 1 aliphatic heterocycles. The molecule has 2 aromatic carbocycles. The molecule has 186 valence electrons. The van der Waals surface area contributed by atoms with Crippen LogP contribution >= 0.6 is 0 Å². The molecule has 1 saturated heterocycles. The van der Waals surface area contributed by atoms with Crippen molar-refractivity contribution in [2.75, 3.05) is 6.26 Å². The molecule has 3 aliphatic rings. The Kier molecular flexibility index (Phi) is 6.07. The highest BCUT2D eigenvalue weighted by atomic mass is 32.2. The number of carbonyl (C=O) groups excluding carboxylic acids is 2. The minimum atomic E-state index is -4.66. The first-order valence-corrected chi connectivity index (χ1v) is 13.0. The van der Waals surface area contributed by atoms with E-state index in [0.29, 0.717) is 22.9 Å². The fourth-order valence-corrected chi connectivity index (χ4v) is 5.59. The molecule has 2 amide bonds. The lowest BCUT2D eigenvalue weighted by atomic mass is 9.99. The Bertz CT molecular complexity index is 1170. The standard InChI is InChI=1S/C25H24F4N2O3S/c1-35(34)17-4-2-3-14(9-17)24(33)31-20-10-15(20)11-21(31)23(32)30-22(13-5-6-13)18-8-7-16(12-19(18)26)25(27,28)29/h2-4,7-9,12-13,15,20-22H,5-6,10-11H2,1H3,(H,30,32)/t15-,20-,21-,22?,35?/m1/s1. The van der Waals surface area contributed by atoms with E-state index < -0.39 is 46.7 Å². The van der Waals surface area contributed by atoms with E-state index in [4.69, 9.17) is 0 Å². The predicted molar refractivity (Wildman–Crippen MR) is 120 cm³/mol. The summed E-state index contributed by atoms with van der Waals surface area (Å²) in [5.74, 6) is -1.63. The van der Waals surface area contributed by atoms with Gasteiger partial charge >= 0.3 is 6.18 Å². The van der Waals surface area contributed by atoms with Crippen LogP contribution in [0.4, 0.5) is 17.6 Å². The fraction of sp³-hybridized carbons (Fsp3) is 0.440. The zero-order valence-electron chi connectivity index (χ0n) is 18.8. The fourth-order valence-electron chi connectivity index (χ4n) is 5.02. The molecule has 10 heteroatoms. The zero-order valence-corrected chi connectivity index (χ0v) is 19.7. The van der Waals surface area contributed by atoms with Gasteiger partial charge in [0.1, 0.15) is 18.1 Å². The molecule has 2 unspecified atom stereocenters. The minimum Gasteiger partial charge on any atom is -0.612 e. The summed E-state index contributed by atoms with van der Waals surface area (Å²) < 4.78 is 65.4. The van der Waals surface area contributed by atoms with Gasteiger partial charge < -0.3 is 14.8 Å². The van der Waals surface area contributed by atoms with Gasteiger partial charge in [-0.2, -0.15) is 13.2 Å². The number of nitrogens with one attached hydrogen (secondary N) is 1. The quantitative estimate of drug-likeness (QED) is 0.463. The maximum absolute atomic E-state index is 14.7. The molecule has 1 N–H and O–H groups in total. The van der Waals surface area contributed by atoms with E-state index in [-0.39, 0.29) is 29.3 Å². The first-order valence-electron chi connectivity index (χ1n) is 11.5. The molecule has 5 atom stereocenters. The number of alkyl halides is 3. The summed E-state index contributed by atoms with van der Waals surface area (Å²) in [6, 6.07) is 7.30. The van der Waals surface area contributed by atoms with Gasteiger partial charge in [-0.1, -0.05) is 12.1 Å². The zero-order chi connectivity index (χ0) is 25.1. The molecule has 0 bridgehead atoms. The van der Waals surface area contributed by atoms with Gasteiger partial charge in [-0.25, -0.2) is 4.39 Å². The third kappa shape index (κ3) is 4.78. The van der Waals surface area contributed by atoms with Crippen molar-refractivity contribution in [3.63, 3.8) is 0 Å². The molecule has 2 aliphatic carbocycles. The van der Waals surface area contributed by atoms with Crippen LogP contribution in [-0.2, 0) is 22.1 Å². The number of rotatable bonds is 6. The summed E-state index contributed by atoms with van der Waals surface area (Å²) in [6.07, 6.45) is -0.408. The van der Waals surface area contributed by atoms with Gasteiger partial charge in [0.25, 0.3) is 5.91 Å². The maximum atomic E-state index is 14.7. The second-order valence-corrected chi connectivity index (χ2v) is 10.9. The minimum absolute atomic E-state index is 0.0213. The van der Waals surface area contributed by atoms with Gasteiger partial charge in [-0.3, -0.25) is 9.59 Å². The van der Waals surface area contributed by atoms with Crippen molar-refractivity contribution < 1.29 is 31.7 Å². The van der Waals surface area contributed by atoms with Gasteiger partial charge in [0.15, 0.2) is 4.90 Å². The molecular formula is C25H24F4N2O3S. The molecule has 2 aromatic rings. The Balaban J connectivity index is 1.36. The van der Waals surface area contributed by atoms with Crippen LogP contribution in [0.1, 0.15) is 53.2 Å². The van der Waals surface area contributed by atoms with Crippen molar-refractivity contribution >= 4 is 23.0 Å². The van der Waals surface area contributed by atoms with Crippen LogP contribution in [0.2, 0.25) is 0 Å². The average Bonchev–Trinajstić information content (AvgIpc) is 3.74. The molecule has 0 radical (unpaired) electrons. The number of hydrogen-bond donors (Lipinski definition) is 1. The number of piperidine rings is 1. The smallest absolute Gasteiger partial charge is 0.416 e. The molecule has 0 aromatic heterocycles. The van der Waals surface area contributed by atoms with Crippen molar-refractivity contribution in [1.29, 1.82) is 0 Å². The first kappa shape index (κ1) is 24.1. The third-order valence-electron chi connectivity index (χ3n) is 7.11. The van der Waals surface area contributed by atoms with E-state index >= 15 is 0 Å². The Hall–Kier alpha value is -2.59. The predicted octanol–water partition coefficient (Wildman–Crippen LogP) is 4.45. The SMILES string of the molecule is C[S+]([O-])c1cccc(C(=O)N2[C@@H](C(=O)NC(c3ccc(C(F)(F)F)cc3F)C3CC3)C[C@H]3C[C@H]32)c1. The van der Waals surface area contributed by atoms with Crippen molar-refractivity contribution in [2.45, 2.75) is 54.9 Å². The molecular weight excluding hydrogens is 484 g/mol. The molecule has 35 heavy (non-hydrogen) atoms. The lowest BCUT2D eigenvalue weighted by molar-refractivity contribution is -0.137. The van der Waals surface area contributed by atoms with Crippen LogP contribution in [0.25, 0.3) is 0 Å². The Morgan fingerprint density at radius 2 is 1.89 bits per heavy atom. The summed E-state index contributed by atoms with van der Waals surface area (Å²) in [5.41, 5.74) is -0.717. The van der Waals surface area contributed by atoms with Crippen molar-refractivity contribution in [1.82, 2.24) is 10.2 Å². The highest BCUT2D eigenvalue weighted by Gasteiger charge is 2.56. The van der Waals surface area contributed by atoms with Crippen LogP contribution in [0.15, 0.2) is 47.4 Å². The number of hydrogen-bond acceptors (Lipinski definition) is 3. The number of fused-ring (bicyclic) bond motifs is 1. The monoisotopic (exact) mass is 508 g/mol. The highest BCUT2D eigenvalue weighted by molar-refractivity contribution is 7.90. The molecule has 5 rings (SSSR count). The first-order chi connectivity index (χ1) is 16.5. The van der Waals surface area contributed by atoms with Crippen molar-refractivity contribution in [2.24, 2.45) is 11.8 Å². The highest BCUT2D eigenvalue weighted by Crippen LogP contribution is 2.49. The lowest BCUT2D eigenvalue weighted by Crippen LogP contribution is -2.49. The van der Waals surface area contributed by atoms with E-state index in [1.165, 1.54) is 6.26 Å². The van der Waals surface area contributed by atoms with Crippen LogP contribution < -0.4 is 5.32 Å². The Morgan fingerprint density at radius 3 is 2.51 bits per heavy atom. The number of carbonyl (C=O) groups is 2. The van der Waals surface area contributed by atoms with Gasteiger partial charge in [0, 0.05) is 23.2 Å². The van der Waals surface area contributed by atoms with Gasteiger partial charge in [0.2, 0.25) is 5.91 Å². The molecule has 3 fully saturated rings. The topological polar surface area (TPSA) is 72.5 Å². The van der Waals surface area contributed by atoms with Gasteiger partial charge in [-0.05, 0) is 73.0 Å². The molecule has 0 spiro atoms. The summed E-state index contributed by atoms with van der Waals surface area (Å²) in [6.45, 7) is 0. The van der Waals surface area contributed by atoms with E-state index in [0.717, 1.165) is 31.4 Å². The molecule has 2 saturated carbocycles. The summed E-state index contributed by atoms with van der Waals surface area (Å²) >= 11 is -1.27. The summed E-state index contributed by atoms with van der Waals surface area (Å²) in [4.78, 5) is 28.7. The number of nitrogens with zero attached hydrogens (tertiary/aromatic N) is 1. The van der Waals surface area contributed by atoms with E-state index in [2.05, 4.69) is 5.32 Å². The number of likely N-dealkylation sites (tertiary alicyclic amines) is 1. The number of benzene rings is 2. The Labute approximate surface area is 203 Å². The maximum Gasteiger partial charge on any atom is 0.416 e. The largest absolute Gasteiger partial charge is 0.612 e. The van der Waals surface area contributed by atoms with E-state index in [1.54, 1.807) is 29.2 Å². The van der Waals surface area contributed by atoms with E-state index in [9.17, 15) is 31.7 Å². The van der Waals surface area contributed by atoms with Crippen LogP contribution in [0.3, 0.4) is 0 Å². The summed E-state index contributed by atoms with van der Waals surface area (Å²) in [5, 5.41) is 2.84. The van der Waals surface area contributed by atoms with Gasteiger partial charge in [-0.15, -0.1) is 0 Å². The second-order valence-electron chi connectivity index (χ2n) is 9.57. The van der Waals surface area contributed by atoms with Crippen molar-refractivity contribution in [3.05, 3.63) is 65.0 Å². The van der Waals surface area contributed by atoms with Crippen molar-refractivity contribution in [3.8, 4) is 0 Å². The normalized spacial score (nSPS) is 25.1. The Morgan fingerprint density at radius 1 is 1.14 bits per heavy atom. The van der Waals surface area contributed by atoms with Crippen LogP contribution in [0.5, 0.6) is 0 Å². The second kappa shape index (κ2) is 8.81. The lowest BCUT2D eigenvalue weighted by Gasteiger charge is -2.29. The van der Waals surface area contributed by atoms with Gasteiger partial charge in [0.05, 0.1) is 11.6 Å². The number of amides is 2. The summed E-state index contributed by atoms with van der Waals surface area (Å²) in [7, 11) is 0. The third-order valence-corrected chi connectivity index (χ3v) is 8.03. The van der Waals surface area contributed by atoms with Crippen LogP contribution in [-0.4, -0.2) is 39.6 Å². The molecule has 1 heterocycles.